The molecule has 7 aliphatic rings. The van der Waals surface area contributed by atoms with Crippen molar-refractivity contribution in [3.8, 4) is 23.0 Å². The summed E-state index contributed by atoms with van der Waals surface area (Å²) in [5, 5.41) is 9.27. The number of benzene rings is 2. The van der Waals surface area contributed by atoms with E-state index in [2.05, 4.69) is 91.9 Å². The van der Waals surface area contributed by atoms with Crippen molar-refractivity contribution in [3.63, 3.8) is 0 Å². The molecule has 20 nitrogen and oxygen atoms in total. The van der Waals surface area contributed by atoms with Crippen LogP contribution in [0.5, 0.6) is 23.0 Å². The van der Waals surface area contributed by atoms with Crippen LogP contribution in [0.2, 0.25) is 0 Å². The van der Waals surface area contributed by atoms with E-state index in [1.807, 2.05) is 6.33 Å². The van der Waals surface area contributed by atoms with Crippen molar-refractivity contribution in [2.24, 2.45) is 0 Å². The van der Waals surface area contributed by atoms with Crippen molar-refractivity contribution in [2.45, 2.75) is 121 Å². The highest BCUT2D eigenvalue weighted by Gasteiger charge is 2.31. The van der Waals surface area contributed by atoms with Crippen molar-refractivity contribution in [1.82, 2.24) is 58.9 Å². The van der Waals surface area contributed by atoms with Crippen LogP contribution in [0, 0.1) is 0 Å². The molecule has 0 amide bonds. The first-order valence-corrected chi connectivity index (χ1v) is 32.8. The number of nitrogens with one attached hydrogen (secondary N) is 2. The van der Waals surface area contributed by atoms with Gasteiger partial charge in [0, 0.05) is 165 Å². The maximum Gasteiger partial charge on any atom is 0.225 e. The van der Waals surface area contributed by atoms with E-state index in [9.17, 15) is 0 Å². The predicted octanol–water partition coefficient (Wildman–Crippen LogP) is 7.59. The summed E-state index contributed by atoms with van der Waals surface area (Å²) in [6.45, 7) is 23.9. The lowest BCUT2D eigenvalue weighted by molar-refractivity contribution is 0.154. The van der Waals surface area contributed by atoms with Gasteiger partial charge in [0.05, 0.1) is 50.5 Å². The topological polar surface area (TPSA) is 156 Å². The van der Waals surface area contributed by atoms with Crippen molar-refractivity contribution < 1.29 is 18.9 Å². The van der Waals surface area contributed by atoms with E-state index in [4.69, 9.17) is 43.9 Å². The molecule has 5 aromatic rings. The minimum atomic E-state index is 0.419. The zero-order chi connectivity index (χ0) is 57.0. The molecule has 84 heavy (non-hydrogen) atoms. The number of rotatable bonds is 27. The second kappa shape index (κ2) is 28.8. The molecule has 20 heteroatoms. The van der Waals surface area contributed by atoms with Crippen LogP contribution >= 0.6 is 0 Å². The molecule has 2 N–H and O–H groups in total. The van der Waals surface area contributed by atoms with Crippen molar-refractivity contribution in [1.29, 1.82) is 0 Å². The fourth-order valence-corrected chi connectivity index (χ4v) is 14.5. The summed E-state index contributed by atoms with van der Waals surface area (Å²) >= 11 is 0. The van der Waals surface area contributed by atoms with E-state index in [-0.39, 0.29) is 0 Å². The number of nitrogens with zero attached hydrogens (tertiary/aromatic N) is 14. The van der Waals surface area contributed by atoms with Gasteiger partial charge in [0.25, 0.3) is 0 Å². The fourth-order valence-electron chi connectivity index (χ4n) is 14.5. The minimum absolute atomic E-state index is 0.419. The predicted molar refractivity (Wildman–Crippen MR) is 336 cm³/mol. The van der Waals surface area contributed by atoms with E-state index in [1.54, 1.807) is 14.2 Å². The van der Waals surface area contributed by atoms with Gasteiger partial charge in [0.2, 0.25) is 11.9 Å². The van der Waals surface area contributed by atoms with E-state index in [0.717, 1.165) is 232 Å². The summed E-state index contributed by atoms with van der Waals surface area (Å²) in [4.78, 5) is 46.0. The summed E-state index contributed by atoms with van der Waals surface area (Å²) in [6, 6.07) is 9.82. The SMILES string of the molecule is COc1cc2c(N3CCN(C4CCCC4)CC3)nc(NCCCn3cnc(C4CCN(CCCOc5cc6nc(NCCCN7CCN(C)CC7)nc(N7CCN(C8CCCC8)CC7)c6cc5OC)C4)c3)nc2cc1OCCCN1CCCC1. The van der Waals surface area contributed by atoms with Crippen molar-refractivity contribution in [2.75, 3.05) is 192 Å². The number of fused-ring (bicyclic) bond motifs is 2. The maximum absolute atomic E-state index is 6.57. The Morgan fingerprint density at radius 1 is 0.488 bits per heavy atom. The van der Waals surface area contributed by atoms with E-state index in [1.165, 1.54) is 83.0 Å². The number of hydrogen-bond acceptors (Lipinski definition) is 19. The van der Waals surface area contributed by atoms with Crippen LogP contribution in [0.15, 0.2) is 36.8 Å². The Morgan fingerprint density at radius 3 is 1.52 bits per heavy atom. The summed E-state index contributed by atoms with van der Waals surface area (Å²) in [5.41, 5.74) is 2.95. The van der Waals surface area contributed by atoms with E-state index >= 15 is 0 Å². The van der Waals surface area contributed by atoms with Gasteiger partial charge in [0.15, 0.2) is 23.0 Å². The monoisotopic (exact) mass is 1150 g/mol. The number of hydrogen-bond donors (Lipinski definition) is 2. The van der Waals surface area contributed by atoms with Gasteiger partial charge in [-0.25, -0.2) is 15.0 Å². The average Bonchev–Trinajstić information content (AvgIpc) is 3.19. The largest absolute Gasteiger partial charge is 0.493 e. The van der Waals surface area contributed by atoms with Crippen LogP contribution in [0.25, 0.3) is 21.8 Å². The Labute approximate surface area is 499 Å². The van der Waals surface area contributed by atoms with E-state index in [0.29, 0.717) is 31.0 Å². The van der Waals surface area contributed by atoms with Crippen LogP contribution in [0.4, 0.5) is 23.5 Å². The molecule has 2 saturated carbocycles. The van der Waals surface area contributed by atoms with E-state index < -0.39 is 0 Å². The molecule has 0 radical (unpaired) electrons. The summed E-state index contributed by atoms with van der Waals surface area (Å²) in [6.07, 6.45) is 22.6. The molecule has 458 valence electrons. The number of likely N-dealkylation sites (N-methyl/N-ethyl adjacent to an activating group) is 1. The molecule has 7 fully saturated rings. The normalized spacial score (nSPS) is 21.4. The third-order valence-corrected chi connectivity index (χ3v) is 19.5. The molecule has 3 aromatic heterocycles. The molecule has 12 rings (SSSR count). The first kappa shape index (κ1) is 58.9. The fraction of sp³-hybridized carbons (Fsp3) is 0.703. The Bertz CT molecular complexity index is 2870. The smallest absolute Gasteiger partial charge is 0.225 e. The quantitative estimate of drug-likeness (QED) is 0.0496. The molecule has 0 spiro atoms. The Hall–Kier alpha value is -5.51. The van der Waals surface area contributed by atoms with Gasteiger partial charge in [-0.3, -0.25) is 9.80 Å². The zero-order valence-electron chi connectivity index (χ0n) is 51.2. The van der Waals surface area contributed by atoms with Gasteiger partial charge in [-0.15, -0.1) is 0 Å². The molecular weight excluding hydrogens is 1060 g/mol. The second-order valence-electron chi connectivity index (χ2n) is 25.2. The first-order chi connectivity index (χ1) is 41.4. The van der Waals surface area contributed by atoms with Crippen LogP contribution in [-0.2, 0) is 6.54 Å². The van der Waals surface area contributed by atoms with Crippen molar-refractivity contribution in [3.05, 3.63) is 42.5 Å². The van der Waals surface area contributed by atoms with Gasteiger partial charge < -0.3 is 63.5 Å². The highest BCUT2D eigenvalue weighted by Crippen LogP contribution is 2.39. The Balaban J connectivity index is 0.630. The molecule has 1 unspecified atom stereocenters. The van der Waals surface area contributed by atoms with Gasteiger partial charge in [-0.05, 0) is 116 Å². The third-order valence-electron chi connectivity index (χ3n) is 19.5. The molecule has 2 aliphatic carbocycles. The summed E-state index contributed by atoms with van der Waals surface area (Å²) in [5.74, 6) is 6.67. The molecule has 5 saturated heterocycles. The lowest BCUT2D eigenvalue weighted by atomic mass is 10.1. The van der Waals surface area contributed by atoms with Crippen molar-refractivity contribution >= 4 is 45.3 Å². The van der Waals surface area contributed by atoms with Crippen LogP contribution < -0.4 is 39.4 Å². The highest BCUT2D eigenvalue weighted by atomic mass is 16.5. The number of aromatic nitrogens is 6. The van der Waals surface area contributed by atoms with Crippen LogP contribution in [0.3, 0.4) is 0 Å². The standard InChI is InChI=1S/C64H98N16O4/c1-72-28-30-74(31-29-72)23-10-19-65-63-68-55-45-60(58(82-3)43-53(55)61(70-63)79-36-32-77(33-37-79)50-14-4-5-15-50)84-41-13-26-75-27-18-49(46-75)56-47-76(48-67-56)24-11-20-66-64-69-54-44-59(83-40-12-25-73-21-8-9-22-73)57(81-2)42-52(54)62(71-64)80-38-34-78(35-39-80)51-16-6-7-17-51/h42-45,47-51H,4-41,46H2,1-3H3,(H,65,68,70)(H,66,69,71). The zero-order valence-corrected chi connectivity index (χ0v) is 51.2. The number of aryl methyl sites for hydroxylation is 1. The number of imidazole rings is 1. The highest BCUT2D eigenvalue weighted by molar-refractivity contribution is 5.94. The van der Waals surface area contributed by atoms with Crippen LogP contribution in [0.1, 0.15) is 108 Å². The van der Waals surface area contributed by atoms with Gasteiger partial charge >= 0.3 is 0 Å². The number of ether oxygens (including phenoxy) is 4. The number of likely N-dealkylation sites (tertiary alicyclic amines) is 2. The average molecular weight is 1160 g/mol. The first-order valence-electron chi connectivity index (χ1n) is 32.8. The second-order valence-corrected chi connectivity index (χ2v) is 25.2. The summed E-state index contributed by atoms with van der Waals surface area (Å²) in [7, 11) is 5.69. The Kier molecular flexibility index (Phi) is 20.2. The lowest BCUT2D eigenvalue weighted by Crippen LogP contribution is -2.50. The summed E-state index contributed by atoms with van der Waals surface area (Å²) < 4.78 is 27.2. The molecule has 2 aromatic carbocycles. The molecule has 8 heterocycles. The molecule has 0 bridgehead atoms. The molecule has 5 aliphatic heterocycles. The lowest BCUT2D eigenvalue weighted by Gasteiger charge is -2.39. The van der Waals surface area contributed by atoms with Gasteiger partial charge in [-0.2, -0.15) is 9.97 Å². The number of anilines is 4. The van der Waals surface area contributed by atoms with Gasteiger partial charge in [-0.1, -0.05) is 25.7 Å². The number of methoxy groups -OCH3 is 2. The third kappa shape index (κ3) is 14.8. The molecule has 1 atom stereocenters. The maximum atomic E-state index is 6.57. The number of piperazine rings is 3. The van der Waals surface area contributed by atoms with Gasteiger partial charge in [0.1, 0.15) is 11.6 Å². The molecular formula is C64H98N16O4. The van der Waals surface area contributed by atoms with Crippen LogP contribution in [-0.4, -0.2) is 243 Å². The Morgan fingerprint density at radius 2 is 0.988 bits per heavy atom. The minimum Gasteiger partial charge on any atom is -0.493 e.